The van der Waals surface area contributed by atoms with Gasteiger partial charge in [0.05, 0.1) is 5.01 Å². The van der Waals surface area contributed by atoms with Gasteiger partial charge in [0.25, 0.3) is 0 Å². The van der Waals surface area contributed by atoms with Gasteiger partial charge in [0.1, 0.15) is 0 Å². The second-order valence-corrected chi connectivity index (χ2v) is 5.01. The Morgan fingerprint density at radius 1 is 1.21 bits per heavy atom. The van der Waals surface area contributed by atoms with Crippen molar-refractivity contribution in [3.63, 3.8) is 0 Å². The molecule has 0 unspecified atom stereocenters. The zero-order valence-electron chi connectivity index (χ0n) is 11.2. The molecule has 7 nitrogen and oxygen atoms in total. The summed E-state index contributed by atoms with van der Waals surface area (Å²) in [6.45, 7) is 0.744. The van der Waals surface area contributed by atoms with E-state index in [1.54, 1.807) is 18.4 Å². The standard InChI is InChI=1S/C11H17N7S/c1-12-9-15-10(17-11(16-9)18(2)3)14-5-4-8-13-6-7-19-8/h6-7H,4-5H2,1-3H3,(H2,12,14,15,16,17). The number of nitrogens with zero attached hydrogens (tertiary/aromatic N) is 5. The number of nitrogens with one attached hydrogen (secondary N) is 2. The Kier molecular flexibility index (Phi) is 4.45. The van der Waals surface area contributed by atoms with Crippen LogP contribution in [0.1, 0.15) is 5.01 Å². The van der Waals surface area contributed by atoms with Crippen molar-refractivity contribution in [2.75, 3.05) is 43.2 Å². The first-order valence-electron chi connectivity index (χ1n) is 5.92. The van der Waals surface area contributed by atoms with Gasteiger partial charge in [-0.2, -0.15) is 15.0 Å². The maximum Gasteiger partial charge on any atom is 0.231 e. The predicted molar refractivity (Wildman–Crippen MR) is 78.0 cm³/mol. The lowest BCUT2D eigenvalue weighted by molar-refractivity contribution is 0.926. The van der Waals surface area contributed by atoms with Gasteiger partial charge in [-0.1, -0.05) is 0 Å². The van der Waals surface area contributed by atoms with E-state index in [1.807, 2.05) is 30.6 Å². The molecule has 0 aliphatic heterocycles. The summed E-state index contributed by atoms with van der Waals surface area (Å²) in [6.07, 6.45) is 2.67. The Hall–Kier alpha value is -1.96. The van der Waals surface area contributed by atoms with Crippen molar-refractivity contribution in [3.8, 4) is 0 Å². The van der Waals surface area contributed by atoms with Gasteiger partial charge < -0.3 is 15.5 Å². The number of thiazole rings is 1. The minimum absolute atomic E-state index is 0.551. The fraction of sp³-hybridized carbons (Fsp3) is 0.455. The Morgan fingerprint density at radius 2 is 2.00 bits per heavy atom. The molecule has 0 saturated heterocycles. The van der Waals surface area contributed by atoms with Crippen LogP contribution < -0.4 is 15.5 Å². The monoisotopic (exact) mass is 279 g/mol. The zero-order chi connectivity index (χ0) is 13.7. The fourth-order valence-electron chi connectivity index (χ4n) is 1.41. The van der Waals surface area contributed by atoms with Crippen molar-refractivity contribution >= 4 is 29.2 Å². The molecule has 0 aliphatic rings. The summed E-state index contributed by atoms with van der Waals surface area (Å²) in [6, 6.07) is 0. The molecule has 0 atom stereocenters. The first kappa shape index (κ1) is 13.5. The first-order valence-corrected chi connectivity index (χ1v) is 6.80. The molecule has 102 valence electrons. The summed E-state index contributed by atoms with van der Waals surface area (Å²) in [4.78, 5) is 18.9. The Bertz CT molecular complexity index is 512. The number of anilines is 3. The van der Waals surface area contributed by atoms with Crippen LogP contribution >= 0.6 is 11.3 Å². The topological polar surface area (TPSA) is 78.9 Å². The van der Waals surface area contributed by atoms with Crippen molar-refractivity contribution < 1.29 is 0 Å². The lowest BCUT2D eigenvalue weighted by atomic mass is 10.4. The lowest BCUT2D eigenvalue weighted by Gasteiger charge is -2.13. The highest BCUT2D eigenvalue weighted by atomic mass is 32.1. The van der Waals surface area contributed by atoms with Crippen molar-refractivity contribution in [2.45, 2.75) is 6.42 Å². The van der Waals surface area contributed by atoms with Crippen LogP contribution in [-0.4, -0.2) is 47.6 Å². The molecule has 0 bridgehead atoms. The third kappa shape index (κ3) is 3.75. The van der Waals surface area contributed by atoms with Crippen molar-refractivity contribution in [2.24, 2.45) is 0 Å². The maximum atomic E-state index is 4.34. The van der Waals surface area contributed by atoms with Gasteiger partial charge >= 0.3 is 0 Å². The summed E-state index contributed by atoms with van der Waals surface area (Å²) in [7, 11) is 5.58. The summed E-state index contributed by atoms with van der Waals surface area (Å²) in [5, 5.41) is 9.19. The second kappa shape index (κ2) is 6.28. The van der Waals surface area contributed by atoms with Gasteiger partial charge in [0, 0.05) is 45.7 Å². The Morgan fingerprint density at radius 3 is 2.63 bits per heavy atom. The van der Waals surface area contributed by atoms with Crippen LogP contribution in [0.5, 0.6) is 0 Å². The normalized spacial score (nSPS) is 10.3. The van der Waals surface area contributed by atoms with E-state index in [1.165, 1.54) is 0 Å². The van der Waals surface area contributed by atoms with E-state index in [0.29, 0.717) is 17.8 Å². The second-order valence-electron chi connectivity index (χ2n) is 4.03. The summed E-state index contributed by atoms with van der Waals surface area (Å²) in [5.74, 6) is 1.74. The average molecular weight is 279 g/mol. The highest BCUT2D eigenvalue weighted by Crippen LogP contribution is 2.11. The molecule has 0 radical (unpaired) electrons. The molecule has 0 spiro atoms. The molecular formula is C11H17N7S. The van der Waals surface area contributed by atoms with E-state index >= 15 is 0 Å². The van der Waals surface area contributed by atoms with Gasteiger partial charge in [0.2, 0.25) is 17.8 Å². The molecule has 19 heavy (non-hydrogen) atoms. The predicted octanol–water partition coefficient (Wildman–Crippen LogP) is 1.09. The van der Waals surface area contributed by atoms with E-state index in [-0.39, 0.29) is 0 Å². The lowest BCUT2D eigenvalue weighted by Crippen LogP contribution is -2.17. The largest absolute Gasteiger partial charge is 0.357 e. The third-order valence-corrected chi connectivity index (χ3v) is 3.19. The van der Waals surface area contributed by atoms with Gasteiger partial charge in [-0.3, -0.25) is 0 Å². The molecule has 0 fully saturated rings. The molecular weight excluding hydrogens is 262 g/mol. The van der Waals surface area contributed by atoms with Gasteiger partial charge in [-0.15, -0.1) is 11.3 Å². The molecule has 0 aliphatic carbocycles. The Labute approximate surface area is 116 Å². The average Bonchev–Trinajstić information content (AvgIpc) is 2.91. The SMILES string of the molecule is CNc1nc(NCCc2nccs2)nc(N(C)C)n1. The summed E-state index contributed by atoms with van der Waals surface area (Å²) in [5.41, 5.74) is 0. The van der Waals surface area contributed by atoms with E-state index in [9.17, 15) is 0 Å². The molecule has 2 aromatic heterocycles. The van der Waals surface area contributed by atoms with E-state index in [0.717, 1.165) is 18.0 Å². The highest BCUT2D eigenvalue weighted by molar-refractivity contribution is 7.09. The first-order chi connectivity index (χ1) is 9.19. The molecule has 2 aromatic rings. The van der Waals surface area contributed by atoms with Gasteiger partial charge in [0.15, 0.2) is 0 Å². The van der Waals surface area contributed by atoms with Crippen molar-refractivity contribution in [1.82, 2.24) is 19.9 Å². The third-order valence-electron chi connectivity index (χ3n) is 2.35. The van der Waals surface area contributed by atoms with Gasteiger partial charge in [-0.05, 0) is 0 Å². The molecule has 8 heteroatoms. The van der Waals surface area contributed by atoms with Crippen molar-refractivity contribution in [1.29, 1.82) is 0 Å². The van der Waals surface area contributed by atoms with E-state index in [2.05, 4.69) is 30.6 Å². The number of hydrogen-bond acceptors (Lipinski definition) is 8. The van der Waals surface area contributed by atoms with Crippen LogP contribution in [0.15, 0.2) is 11.6 Å². The zero-order valence-corrected chi connectivity index (χ0v) is 12.0. The molecule has 2 N–H and O–H groups in total. The maximum absolute atomic E-state index is 4.34. The number of hydrogen-bond donors (Lipinski definition) is 2. The van der Waals surface area contributed by atoms with E-state index < -0.39 is 0 Å². The van der Waals surface area contributed by atoms with Gasteiger partial charge in [-0.25, -0.2) is 4.98 Å². The van der Waals surface area contributed by atoms with Crippen molar-refractivity contribution in [3.05, 3.63) is 16.6 Å². The van der Waals surface area contributed by atoms with Crippen LogP contribution in [0.2, 0.25) is 0 Å². The summed E-state index contributed by atoms with van der Waals surface area (Å²) < 4.78 is 0. The molecule has 2 heterocycles. The quantitative estimate of drug-likeness (QED) is 0.819. The van der Waals surface area contributed by atoms with E-state index in [4.69, 9.17) is 0 Å². The molecule has 0 amide bonds. The van der Waals surface area contributed by atoms with Crippen LogP contribution in [0.25, 0.3) is 0 Å². The minimum Gasteiger partial charge on any atom is -0.357 e. The highest BCUT2D eigenvalue weighted by Gasteiger charge is 2.06. The van der Waals surface area contributed by atoms with Crippen LogP contribution in [-0.2, 0) is 6.42 Å². The van der Waals surface area contributed by atoms with Crippen LogP contribution in [0.4, 0.5) is 17.8 Å². The molecule has 0 aromatic carbocycles. The molecule has 0 saturated carbocycles. The van der Waals surface area contributed by atoms with Crippen LogP contribution in [0.3, 0.4) is 0 Å². The van der Waals surface area contributed by atoms with Crippen LogP contribution in [0, 0.1) is 0 Å². The number of aromatic nitrogens is 4. The minimum atomic E-state index is 0.551. The number of rotatable bonds is 6. The fourth-order valence-corrected chi connectivity index (χ4v) is 2.03. The Balaban J connectivity index is 2.00. The molecule has 2 rings (SSSR count). The summed E-state index contributed by atoms with van der Waals surface area (Å²) >= 11 is 1.65. The smallest absolute Gasteiger partial charge is 0.231 e.